The number of anilines is 3. The molecule has 3 heterocycles. The number of benzene rings is 1. The lowest BCUT2D eigenvalue weighted by Gasteiger charge is -2.11. The highest BCUT2D eigenvalue weighted by molar-refractivity contribution is 6.29. The maximum absolute atomic E-state index is 14.6. The molecule has 0 saturated carbocycles. The topological polar surface area (TPSA) is 102 Å². The molecule has 4 N–H and O–H groups in total. The number of rotatable bonds is 4. The Balaban J connectivity index is 1.61. The first-order chi connectivity index (χ1) is 13.0. The Kier molecular flexibility index (Phi) is 4.25. The molecule has 0 saturated heterocycles. The second kappa shape index (κ2) is 6.73. The van der Waals surface area contributed by atoms with Gasteiger partial charge in [0.05, 0.1) is 5.39 Å². The zero-order chi connectivity index (χ0) is 19.0. The zero-order valence-corrected chi connectivity index (χ0v) is 14.9. The number of nitrogen functional groups attached to an aromatic ring is 1. The van der Waals surface area contributed by atoms with E-state index in [2.05, 4.69) is 25.3 Å². The molecule has 0 spiro atoms. The molecule has 0 aliphatic heterocycles. The molecule has 4 rings (SSSR count). The van der Waals surface area contributed by atoms with Gasteiger partial charge in [-0.05, 0) is 30.7 Å². The third-order valence-corrected chi connectivity index (χ3v) is 4.06. The molecule has 0 atom stereocenters. The molecule has 4 aromatic rings. The van der Waals surface area contributed by atoms with Gasteiger partial charge in [-0.25, -0.2) is 14.4 Å². The van der Waals surface area contributed by atoms with Crippen LogP contribution in [0.5, 0.6) is 11.5 Å². The summed E-state index contributed by atoms with van der Waals surface area (Å²) in [5.41, 5.74) is 7.66. The van der Waals surface area contributed by atoms with E-state index in [-0.39, 0.29) is 16.9 Å². The maximum Gasteiger partial charge on any atom is 0.223 e. The molecular weight excluding hydrogens is 371 g/mol. The Morgan fingerprint density at radius 3 is 2.81 bits per heavy atom. The fourth-order valence-corrected chi connectivity index (χ4v) is 2.89. The number of aryl methyl sites for hydroxylation is 1. The molecule has 0 unspecified atom stereocenters. The van der Waals surface area contributed by atoms with E-state index in [1.165, 1.54) is 18.2 Å². The van der Waals surface area contributed by atoms with Crippen molar-refractivity contribution in [3.63, 3.8) is 0 Å². The Labute approximate surface area is 158 Å². The first-order valence-corrected chi connectivity index (χ1v) is 8.34. The lowest BCUT2D eigenvalue weighted by Crippen LogP contribution is -2.00. The van der Waals surface area contributed by atoms with Crippen LogP contribution < -0.4 is 15.8 Å². The quantitative estimate of drug-likeness (QED) is 0.445. The number of hydrogen-bond donors (Lipinski definition) is 3. The van der Waals surface area contributed by atoms with Gasteiger partial charge >= 0.3 is 0 Å². The van der Waals surface area contributed by atoms with Crippen LogP contribution in [0.25, 0.3) is 11.0 Å². The van der Waals surface area contributed by atoms with Crippen molar-refractivity contribution in [2.75, 3.05) is 11.1 Å². The van der Waals surface area contributed by atoms with Crippen molar-refractivity contribution in [2.24, 2.45) is 0 Å². The minimum Gasteiger partial charge on any atom is -0.453 e. The Morgan fingerprint density at radius 1 is 1.19 bits per heavy atom. The smallest absolute Gasteiger partial charge is 0.223 e. The number of nitrogens with two attached hydrogens (primary N) is 1. The maximum atomic E-state index is 14.6. The SMILES string of the molecule is Cc1c[nH]c2nccc(Oc3ccc(Nc4cc(Cl)nc(N)n4)cc3F)c12. The molecule has 0 aliphatic carbocycles. The summed E-state index contributed by atoms with van der Waals surface area (Å²) in [6, 6.07) is 7.66. The van der Waals surface area contributed by atoms with Gasteiger partial charge in [0.2, 0.25) is 5.95 Å². The Morgan fingerprint density at radius 2 is 2.04 bits per heavy atom. The highest BCUT2D eigenvalue weighted by atomic mass is 35.5. The summed E-state index contributed by atoms with van der Waals surface area (Å²) in [6.07, 6.45) is 3.43. The predicted molar refractivity (Wildman–Crippen MR) is 102 cm³/mol. The molecule has 0 aliphatic rings. The van der Waals surface area contributed by atoms with Crippen molar-refractivity contribution in [3.8, 4) is 11.5 Å². The Bertz CT molecular complexity index is 1130. The summed E-state index contributed by atoms with van der Waals surface area (Å²) in [4.78, 5) is 15.0. The summed E-state index contributed by atoms with van der Waals surface area (Å²) in [6.45, 7) is 1.93. The fraction of sp³-hybridized carbons (Fsp3) is 0.0556. The van der Waals surface area contributed by atoms with E-state index in [0.29, 0.717) is 22.9 Å². The standard InChI is InChI=1S/C18H14ClFN6O/c1-9-8-23-17-16(9)13(4-5-22-17)27-12-3-2-10(6-11(12)20)24-15-7-14(19)25-18(21)26-15/h2-8H,1H3,(H,22,23)(H3,21,24,25,26). The summed E-state index contributed by atoms with van der Waals surface area (Å²) in [5, 5.41) is 3.93. The van der Waals surface area contributed by atoms with Crippen molar-refractivity contribution in [1.82, 2.24) is 19.9 Å². The number of nitrogens with one attached hydrogen (secondary N) is 2. The van der Waals surface area contributed by atoms with E-state index in [4.69, 9.17) is 22.1 Å². The van der Waals surface area contributed by atoms with Gasteiger partial charge < -0.3 is 20.8 Å². The van der Waals surface area contributed by atoms with E-state index in [1.54, 1.807) is 18.3 Å². The molecular formula is C18H14ClFN6O. The van der Waals surface area contributed by atoms with Crippen LogP contribution >= 0.6 is 11.6 Å². The largest absolute Gasteiger partial charge is 0.453 e. The number of aromatic amines is 1. The minimum absolute atomic E-state index is 0.0222. The Hall–Kier alpha value is -3.39. The second-order valence-electron chi connectivity index (χ2n) is 5.81. The minimum atomic E-state index is -0.536. The first-order valence-electron chi connectivity index (χ1n) is 7.97. The molecule has 9 heteroatoms. The van der Waals surface area contributed by atoms with Crippen molar-refractivity contribution >= 4 is 40.1 Å². The van der Waals surface area contributed by atoms with Gasteiger partial charge in [-0.1, -0.05) is 11.6 Å². The summed E-state index contributed by atoms with van der Waals surface area (Å²) < 4.78 is 20.3. The third-order valence-electron chi connectivity index (χ3n) is 3.87. The number of aromatic nitrogens is 4. The van der Waals surface area contributed by atoms with E-state index in [9.17, 15) is 4.39 Å². The molecule has 0 amide bonds. The van der Waals surface area contributed by atoms with Crippen molar-refractivity contribution in [2.45, 2.75) is 6.92 Å². The number of H-pyrrole nitrogens is 1. The second-order valence-corrected chi connectivity index (χ2v) is 6.20. The monoisotopic (exact) mass is 384 g/mol. The summed E-state index contributed by atoms with van der Waals surface area (Å²) in [5.74, 6) is 0.460. The van der Waals surface area contributed by atoms with Crippen LogP contribution in [0.2, 0.25) is 5.15 Å². The first kappa shape index (κ1) is 17.0. The summed E-state index contributed by atoms with van der Waals surface area (Å²) >= 11 is 5.84. The predicted octanol–water partition coefficient (Wildman–Crippen LogP) is 4.57. The highest BCUT2D eigenvalue weighted by Gasteiger charge is 2.12. The normalized spacial score (nSPS) is 10.9. The number of nitrogens with zero attached hydrogens (tertiary/aromatic N) is 3. The van der Waals surface area contributed by atoms with Crippen LogP contribution in [0.15, 0.2) is 42.7 Å². The number of hydrogen-bond acceptors (Lipinski definition) is 6. The van der Waals surface area contributed by atoms with Crippen LogP contribution in [0.3, 0.4) is 0 Å². The van der Waals surface area contributed by atoms with Gasteiger partial charge in [0.15, 0.2) is 11.6 Å². The van der Waals surface area contributed by atoms with Gasteiger partial charge in [-0.2, -0.15) is 4.98 Å². The van der Waals surface area contributed by atoms with E-state index in [1.807, 2.05) is 13.1 Å². The van der Waals surface area contributed by atoms with Crippen LogP contribution in [-0.2, 0) is 0 Å². The molecule has 0 radical (unpaired) electrons. The lowest BCUT2D eigenvalue weighted by atomic mass is 10.2. The number of ether oxygens (including phenoxy) is 1. The molecule has 0 fully saturated rings. The van der Waals surface area contributed by atoms with E-state index < -0.39 is 5.82 Å². The highest BCUT2D eigenvalue weighted by Crippen LogP contribution is 2.33. The van der Waals surface area contributed by atoms with E-state index >= 15 is 0 Å². The average molecular weight is 385 g/mol. The summed E-state index contributed by atoms with van der Waals surface area (Å²) in [7, 11) is 0. The zero-order valence-electron chi connectivity index (χ0n) is 14.1. The average Bonchev–Trinajstić information content (AvgIpc) is 2.99. The van der Waals surface area contributed by atoms with Gasteiger partial charge in [0.25, 0.3) is 0 Å². The molecule has 0 bridgehead atoms. The van der Waals surface area contributed by atoms with Crippen LogP contribution in [0.4, 0.5) is 21.8 Å². The fourth-order valence-electron chi connectivity index (χ4n) is 2.70. The number of pyridine rings is 1. The van der Waals surface area contributed by atoms with Gasteiger partial charge in [0.1, 0.15) is 22.4 Å². The molecule has 3 aromatic heterocycles. The van der Waals surface area contributed by atoms with Crippen molar-refractivity contribution in [1.29, 1.82) is 0 Å². The van der Waals surface area contributed by atoms with Gasteiger partial charge in [0, 0.05) is 30.2 Å². The van der Waals surface area contributed by atoms with E-state index in [0.717, 1.165) is 10.9 Å². The number of fused-ring (bicyclic) bond motifs is 1. The number of halogens is 2. The van der Waals surface area contributed by atoms with Crippen molar-refractivity contribution < 1.29 is 9.13 Å². The van der Waals surface area contributed by atoms with Gasteiger partial charge in [-0.15, -0.1) is 0 Å². The molecule has 27 heavy (non-hydrogen) atoms. The molecule has 136 valence electrons. The lowest BCUT2D eigenvalue weighted by molar-refractivity contribution is 0.446. The van der Waals surface area contributed by atoms with Gasteiger partial charge in [-0.3, -0.25) is 0 Å². The third kappa shape index (κ3) is 3.47. The van der Waals surface area contributed by atoms with Crippen LogP contribution in [0.1, 0.15) is 5.56 Å². The molecule has 1 aromatic carbocycles. The van der Waals surface area contributed by atoms with Crippen LogP contribution in [-0.4, -0.2) is 19.9 Å². The van der Waals surface area contributed by atoms with Crippen LogP contribution in [0, 0.1) is 12.7 Å². The van der Waals surface area contributed by atoms with Crippen molar-refractivity contribution in [3.05, 3.63) is 59.3 Å². The molecule has 7 nitrogen and oxygen atoms in total.